The van der Waals surface area contributed by atoms with Crippen LogP contribution >= 0.6 is 0 Å². The summed E-state index contributed by atoms with van der Waals surface area (Å²) < 4.78 is 50.1. The van der Waals surface area contributed by atoms with Crippen LogP contribution in [0.2, 0.25) is 0 Å². The third-order valence-corrected chi connectivity index (χ3v) is 9.93. The number of rotatable bonds is 20. The average Bonchev–Trinajstić information content (AvgIpc) is 3.29. The quantitative estimate of drug-likeness (QED) is 0.0598. The molecule has 0 radical (unpaired) electrons. The third kappa shape index (κ3) is 11.2. The zero-order chi connectivity index (χ0) is 38.2. The topological polar surface area (TPSA) is 78.9 Å². The third-order valence-electron chi connectivity index (χ3n) is 9.93. The van der Waals surface area contributed by atoms with E-state index in [0.29, 0.717) is 45.8 Å². The van der Waals surface area contributed by atoms with Gasteiger partial charge in [0.25, 0.3) is 0 Å². The van der Waals surface area contributed by atoms with Gasteiger partial charge in [0, 0.05) is 27.3 Å². The van der Waals surface area contributed by atoms with Crippen LogP contribution in [0.25, 0.3) is 10.8 Å². The molecule has 0 N–H and O–H groups in total. The number of amides is 2. The molecule has 0 unspecified atom stereocenters. The van der Waals surface area contributed by atoms with E-state index in [4.69, 9.17) is 28.4 Å². The minimum atomic E-state index is -0.687. The first-order valence-electron chi connectivity index (χ1n) is 18.8. The Morgan fingerprint density at radius 3 is 1.53 bits per heavy atom. The molecule has 1 fully saturated rings. The molecule has 1 aliphatic rings. The summed E-state index contributed by atoms with van der Waals surface area (Å²) in [7, 11) is 3.25. The highest BCUT2D eigenvalue weighted by atomic mass is 19.1. The van der Waals surface area contributed by atoms with Crippen LogP contribution in [-0.2, 0) is 54.4 Å². The first-order valence-corrected chi connectivity index (χ1v) is 18.8. The van der Waals surface area contributed by atoms with Crippen LogP contribution in [0.4, 0.5) is 9.18 Å². The molecule has 0 bridgehead atoms. The van der Waals surface area contributed by atoms with E-state index in [-0.39, 0.29) is 32.0 Å². The lowest BCUT2D eigenvalue weighted by molar-refractivity contribution is -0.192. The Hall–Kier alpha value is -4.68. The molecular weight excluding hydrogens is 700 g/mol. The van der Waals surface area contributed by atoms with E-state index in [1.807, 2.05) is 58.3 Å². The largest absolute Gasteiger partial charge is 0.382 e. The van der Waals surface area contributed by atoms with Gasteiger partial charge in [-0.05, 0) is 64.1 Å². The van der Waals surface area contributed by atoms with Gasteiger partial charge in [-0.3, -0.25) is 0 Å². The standard InChI is InChI=1S/C45H51FN2O7/c1-50-23-25-52-32-54-43-41(28-34-11-5-3-6-12-34)47(30-36-18-21-40(46)22-19-36)45(49)48(31-37-17-20-38-15-9-10-16-39(38)27-37)42(29-35-13-7-4-8-14-35)44(43)55-33-53-26-24-51-2/h3-22,27,41-44H,23-26,28-33H2,1-2H3/t41-,42-,43+,44+/m1/s1. The fourth-order valence-electron chi connectivity index (χ4n) is 7.16. The molecule has 290 valence electrons. The van der Waals surface area contributed by atoms with Crippen LogP contribution < -0.4 is 0 Å². The molecule has 9 nitrogen and oxygen atoms in total. The van der Waals surface area contributed by atoms with Crippen molar-refractivity contribution in [3.8, 4) is 0 Å². The van der Waals surface area contributed by atoms with Crippen molar-refractivity contribution in [2.75, 3.05) is 54.2 Å². The Morgan fingerprint density at radius 2 is 1.00 bits per heavy atom. The number of fused-ring (bicyclic) bond motifs is 1. The number of hydrogen-bond acceptors (Lipinski definition) is 7. The van der Waals surface area contributed by atoms with Crippen LogP contribution in [0.3, 0.4) is 0 Å². The fourth-order valence-corrected chi connectivity index (χ4v) is 7.16. The number of halogens is 1. The molecule has 5 aromatic carbocycles. The molecule has 6 rings (SSSR count). The predicted molar refractivity (Wildman–Crippen MR) is 210 cm³/mol. The first-order chi connectivity index (χ1) is 27.0. The molecule has 1 aliphatic heterocycles. The summed E-state index contributed by atoms with van der Waals surface area (Å²) in [5.74, 6) is -0.344. The van der Waals surface area contributed by atoms with Gasteiger partial charge in [-0.15, -0.1) is 0 Å². The van der Waals surface area contributed by atoms with E-state index >= 15 is 4.79 Å². The Morgan fingerprint density at radius 1 is 0.527 bits per heavy atom. The van der Waals surface area contributed by atoms with Crippen molar-refractivity contribution in [2.45, 2.75) is 50.2 Å². The molecule has 0 aromatic heterocycles. The number of benzene rings is 5. The van der Waals surface area contributed by atoms with E-state index in [1.54, 1.807) is 26.4 Å². The van der Waals surface area contributed by atoms with Gasteiger partial charge in [0.05, 0.1) is 38.5 Å². The lowest BCUT2D eigenvalue weighted by Gasteiger charge is -2.38. The van der Waals surface area contributed by atoms with Crippen molar-refractivity contribution in [3.63, 3.8) is 0 Å². The van der Waals surface area contributed by atoms with Crippen LogP contribution in [0.15, 0.2) is 127 Å². The highest BCUT2D eigenvalue weighted by Gasteiger charge is 2.49. The molecule has 0 spiro atoms. The van der Waals surface area contributed by atoms with Crippen molar-refractivity contribution in [3.05, 3.63) is 155 Å². The lowest BCUT2D eigenvalue weighted by atomic mass is 9.90. The second-order valence-electron chi connectivity index (χ2n) is 13.7. The van der Waals surface area contributed by atoms with Gasteiger partial charge in [-0.1, -0.05) is 109 Å². The monoisotopic (exact) mass is 750 g/mol. The Kier molecular flexibility index (Phi) is 15.2. The molecule has 10 heteroatoms. The lowest BCUT2D eigenvalue weighted by Crippen LogP contribution is -2.53. The number of carbonyl (C=O) groups excluding carboxylic acids is 1. The Labute approximate surface area is 323 Å². The number of urea groups is 1. The van der Waals surface area contributed by atoms with E-state index in [2.05, 4.69) is 54.6 Å². The molecule has 1 heterocycles. The summed E-state index contributed by atoms with van der Waals surface area (Å²) in [5.41, 5.74) is 3.83. The van der Waals surface area contributed by atoms with Crippen LogP contribution in [0.1, 0.15) is 22.3 Å². The smallest absolute Gasteiger partial charge is 0.321 e. The second-order valence-corrected chi connectivity index (χ2v) is 13.7. The molecule has 55 heavy (non-hydrogen) atoms. The SMILES string of the molecule is COCCOCO[C@@H]1[C@@H](OCOCCOC)[C@@H](Cc2ccccc2)N(Cc2ccc3ccccc3c2)C(=O)N(Cc2ccc(F)cc2)[C@@H]1Cc1ccccc1. The molecule has 0 aliphatic carbocycles. The van der Waals surface area contributed by atoms with Gasteiger partial charge in [0.15, 0.2) is 0 Å². The van der Waals surface area contributed by atoms with Crippen LogP contribution in [0, 0.1) is 5.82 Å². The van der Waals surface area contributed by atoms with Crippen molar-refractivity contribution < 1.29 is 37.6 Å². The number of hydrogen-bond donors (Lipinski definition) is 0. The minimum absolute atomic E-state index is 0.0439. The van der Waals surface area contributed by atoms with Gasteiger partial charge in [-0.25, -0.2) is 9.18 Å². The number of ether oxygens (including phenoxy) is 6. The average molecular weight is 751 g/mol. The summed E-state index contributed by atoms with van der Waals surface area (Å²) in [6.45, 7) is 1.90. The van der Waals surface area contributed by atoms with E-state index in [0.717, 1.165) is 33.0 Å². The van der Waals surface area contributed by atoms with Crippen molar-refractivity contribution in [1.82, 2.24) is 9.80 Å². The van der Waals surface area contributed by atoms with Crippen molar-refractivity contribution in [2.24, 2.45) is 0 Å². The summed E-state index contributed by atoms with van der Waals surface area (Å²) in [5, 5.41) is 2.20. The maximum Gasteiger partial charge on any atom is 0.321 e. The van der Waals surface area contributed by atoms with Gasteiger partial charge < -0.3 is 38.2 Å². The van der Waals surface area contributed by atoms with Gasteiger partial charge in [0.2, 0.25) is 0 Å². The Bertz CT molecular complexity index is 1880. The molecular formula is C45H51FN2O7. The summed E-state index contributed by atoms with van der Waals surface area (Å²) in [4.78, 5) is 19.4. The number of carbonyl (C=O) groups is 1. The summed E-state index contributed by atoms with van der Waals surface area (Å²) in [6.07, 6.45) is -0.419. The normalized spacial score (nSPS) is 18.9. The molecule has 1 saturated heterocycles. The number of methoxy groups -OCH3 is 2. The molecule has 0 saturated carbocycles. The maximum atomic E-state index is 15.6. The molecule has 2 amide bonds. The fraction of sp³-hybridized carbons (Fsp3) is 0.356. The van der Waals surface area contributed by atoms with E-state index in [1.165, 1.54) is 12.1 Å². The van der Waals surface area contributed by atoms with Crippen LogP contribution in [0.5, 0.6) is 0 Å². The first kappa shape index (κ1) is 40.0. The number of nitrogens with zero attached hydrogens (tertiary/aromatic N) is 2. The van der Waals surface area contributed by atoms with Crippen molar-refractivity contribution in [1.29, 1.82) is 0 Å². The predicted octanol–water partition coefficient (Wildman–Crippen LogP) is 7.65. The van der Waals surface area contributed by atoms with Gasteiger partial charge >= 0.3 is 6.03 Å². The van der Waals surface area contributed by atoms with Crippen LogP contribution in [-0.4, -0.2) is 94.4 Å². The van der Waals surface area contributed by atoms with E-state index in [9.17, 15) is 4.39 Å². The maximum absolute atomic E-state index is 15.6. The molecule has 4 atom stereocenters. The highest BCUT2D eigenvalue weighted by Crippen LogP contribution is 2.33. The van der Waals surface area contributed by atoms with E-state index < -0.39 is 24.3 Å². The second kappa shape index (κ2) is 20.8. The zero-order valence-electron chi connectivity index (χ0n) is 31.6. The van der Waals surface area contributed by atoms with Gasteiger partial charge in [0.1, 0.15) is 31.6 Å². The zero-order valence-corrected chi connectivity index (χ0v) is 31.6. The van der Waals surface area contributed by atoms with Gasteiger partial charge in [-0.2, -0.15) is 0 Å². The van der Waals surface area contributed by atoms with Crippen molar-refractivity contribution >= 4 is 16.8 Å². The summed E-state index contributed by atoms with van der Waals surface area (Å²) in [6, 6.07) is 39.8. The summed E-state index contributed by atoms with van der Waals surface area (Å²) >= 11 is 0. The molecule has 5 aromatic rings. The highest BCUT2D eigenvalue weighted by molar-refractivity contribution is 5.83. The minimum Gasteiger partial charge on any atom is -0.382 e. The Balaban J connectivity index is 1.50.